The van der Waals surface area contributed by atoms with Crippen LogP contribution in [0, 0.1) is 5.92 Å². The Morgan fingerprint density at radius 2 is 1.65 bits per heavy atom. The van der Waals surface area contributed by atoms with Crippen LogP contribution in [0.3, 0.4) is 0 Å². The number of rotatable bonds is 2. The van der Waals surface area contributed by atoms with Gasteiger partial charge in [0.1, 0.15) is 0 Å². The van der Waals surface area contributed by atoms with E-state index in [0.29, 0.717) is 19.0 Å². The zero-order valence-electron chi connectivity index (χ0n) is 12.3. The molecule has 2 saturated heterocycles. The molecule has 0 aromatic rings. The second kappa shape index (κ2) is 6.30. The third-order valence-corrected chi connectivity index (χ3v) is 7.18. The maximum absolute atomic E-state index is 13.0. The second-order valence-electron chi connectivity index (χ2n) is 6.38. The molecule has 3 aliphatic rings. The van der Waals surface area contributed by atoms with Gasteiger partial charge in [0.2, 0.25) is 0 Å². The number of nitrogens with zero attached hydrogens (tertiary/aromatic N) is 2. The Kier molecular flexibility index (Phi) is 4.65. The van der Waals surface area contributed by atoms with Gasteiger partial charge in [-0.1, -0.05) is 12.8 Å². The Morgan fingerprint density at radius 1 is 0.850 bits per heavy atom. The fraction of sp³-hybridized carbons (Fsp3) is 1.00. The first-order valence-electron chi connectivity index (χ1n) is 8.17. The van der Waals surface area contributed by atoms with Crippen LogP contribution in [0.5, 0.6) is 0 Å². The largest absolute Gasteiger partial charge is 0.315 e. The first-order valence-corrected chi connectivity index (χ1v) is 9.57. The van der Waals surface area contributed by atoms with E-state index in [1.165, 1.54) is 25.7 Å². The van der Waals surface area contributed by atoms with E-state index in [9.17, 15) is 8.42 Å². The summed E-state index contributed by atoms with van der Waals surface area (Å²) in [6.45, 7) is 3.73. The second-order valence-corrected chi connectivity index (χ2v) is 8.26. The highest BCUT2D eigenvalue weighted by molar-refractivity contribution is 7.86. The summed E-state index contributed by atoms with van der Waals surface area (Å²) in [7, 11) is -3.25. The van der Waals surface area contributed by atoms with Crippen molar-refractivity contribution in [2.45, 2.75) is 51.0 Å². The van der Waals surface area contributed by atoms with Crippen LogP contribution in [-0.2, 0) is 10.2 Å². The summed E-state index contributed by atoms with van der Waals surface area (Å²) >= 11 is 0. The van der Waals surface area contributed by atoms with Gasteiger partial charge in [-0.2, -0.15) is 17.0 Å². The Balaban J connectivity index is 1.77. The van der Waals surface area contributed by atoms with E-state index in [4.69, 9.17) is 0 Å². The molecule has 0 radical (unpaired) electrons. The van der Waals surface area contributed by atoms with Crippen molar-refractivity contribution in [2.24, 2.45) is 5.92 Å². The fourth-order valence-corrected chi connectivity index (χ4v) is 6.02. The van der Waals surface area contributed by atoms with Crippen molar-refractivity contribution in [1.82, 2.24) is 13.9 Å². The van der Waals surface area contributed by atoms with Gasteiger partial charge in [-0.15, -0.1) is 0 Å². The van der Waals surface area contributed by atoms with Gasteiger partial charge in [0, 0.05) is 32.2 Å². The molecule has 2 aliphatic heterocycles. The Morgan fingerprint density at radius 3 is 2.55 bits per heavy atom. The lowest BCUT2D eigenvalue weighted by atomic mass is 9.79. The third kappa shape index (κ3) is 2.89. The number of hydrogen-bond acceptors (Lipinski definition) is 3. The quantitative estimate of drug-likeness (QED) is 0.833. The molecule has 2 unspecified atom stereocenters. The summed E-state index contributed by atoms with van der Waals surface area (Å²) in [5.74, 6) is 0.609. The number of nitrogens with one attached hydrogen (secondary N) is 1. The lowest BCUT2D eigenvalue weighted by molar-refractivity contribution is 0.122. The zero-order valence-corrected chi connectivity index (χ0v) is 13.1. The van der Waals surface area contributed by atoms with Gasteiger partial charge in [-0.05, 0) is 44.6 Å². The molecule has 5 nitrogen and oxygen atoms in total. The van der Waals surface area contributed by atoms with E-state index in [0.717, 1.165) is 38.9 Å². The van der Waals surface area contributed by atoms with Crippen LogP contribution >= 0.6 is 0 Å². The summed E-state index contributed by atoms with van der Waals surface area (Å²) < 4.78 is 29.5. The summed E-state index contributed by atoms with van der Waals surface area (Å²) in [4.78, 5) is 0. The highest BCUT2D eigenvalue weighted by Crippen LogP contribution is 2.37. The van der Waals surface area contributed by atoms with Crippen LogP contribution in [0.15, 0.2) is 0 Å². The van der Waals surface area contributed by atoms with Crippen molar-refractivity contribution < 1.29 is 8.42 Å². The average molecular weight is 301 g/mol. The Labute approximate surface area is 122 Å². The maximum atomic E-state index is 13.0. The van der Waals surface area contributed by atoms with Crippen LogP contribution < -0.4 is 5.32 Å². The van der Waals surface area contributed by atoms with Crippen LogP contribution in [-0.4, -0.2) is 55.8 Å². The van der Waals surface area contributed by atoms with Crippen LogP contribution in [0.2, 0.25) is 0 Å². The van der Waals surface area contributed by atoms with Crippen molar-refractivity contribution >= 4 is 10.2 Å². The molecule has 0 amide bonds. The molecule has 0 spiro atoms. The highest BCUT2D eigenvalue weighted by Gasteiger charge is 2.41. The molecule has 20 heavy (non-hydrogen) atoms. The van der Waals surface area contributed by atoms with Crippen molar-refractivity contribution in [2.75, 3.05) is 32.7 Å². The maximum Gasteiger partial charge on any atom is 0.282 e. The summed E-state index contributed by atoms with van der Waals surface area (Å²) in [6.07, 6.45) is 7.93. The van der Waals surface area contributed by atoms with E-state index >= 15 is 0 Å². The van der Waals surface area contributed by atoms with Crippen molar-refractivity contribution in [3.63, 3.8) is 0 Å². The molecule has 1 N–H and O–H groups in total. The van der Waals surface area contributed by atoms with E-state index in [2.05, 4.69) is 5.32 Å². The van der Waals surface area contributed by atoms with E-state index in [1.807, 2.05) is 4.31 Å². The standard InChI is InChI=1S/C14H27N3O2S/c18-20(19,16-10-4-8-15-9-12-16)17-11-3-6-13-5-1-2-7-14(13)17/h13-15H,1-12H2. The van der Waals surface area contributed by atoms with Gasteiger partial charge in [0.25, 0.3) is 10.2 Å². The molecular weight excluding hydrogens is 274 g/mol. The molecule has 6 heteroatoms. The molecule has 0 aromatic heterocycles. The smallest absolute Gasteiger partial charge is 0.282 e. The van der Waals surface area contributed by atoms with Gasteiger partial charge in [0.05, 0.1) is 0 Å². The SMILES string of the molecule is O=S(=O)(N1CCCNCC1)N1CCCC2CCCCC21. The Bertz CT molecular complexity index is 416. The highest BCUT2D eigenvalue weighted by atomic mass is 32.2. The van der Waals surface area contributed by atoms with Crippen LogP contribution in [0.25, 0.3) is 0 Å². The molecular formula is C14H27N3O2S. The lowest BCUT2D eigenvalue weighted by Gasteiger charge is -2.44. The van der Waals surface area contributed by atoms with E-state index < -0.39 is 10.2 Å². The number of fused-ring (bicyclic) bond motifs is 1. The van der Waals surface area contributed by atoms with Crippen molar-refractivity contribution in [1.29, 1.82) is 0 Å². The molecule has 0 aromatic carbocycles. The minimum absolute atomic E-state index is 0.277. The van der Waals surface area contributed by atoms with Gasteiger partial charge in [-0.25, -0.2) is 0 Å². The zero-order chi connectivity index (χ0) is 14.0. The summed E-state index contributed by atoms with van der Waals surface area (Å²) in [6, 6.07) is 0.277. The predicted molar refractivity (Wildman–Crippen MR) is 79.7 cm³/mol. The molecule has 2 heterocycles. The minimum Gasteiger partial charge on any atom is -0.315 e. The van der Waals surface area contributed by atoms with E-state index in [-0.39, 0.29) is 6.04 Å². The monoisotopic (exact) mass is 301 g/mol. The Hall–Kier alpha value is -0.170. The van der Waals surface area contributed by atoms with Gasteiger partial charge < -0.3 is 5.32 Å². The first-order chi connectivity index (χ1) is 9.69. The normalized spacial score (nSPS) is 34.4. The fourth-order valence-electron chi connectivity index (χ4n) is 4.07. The minimum atomic E-state index is -3.25. The molecule has 3 rings (SSSR count). The van der Waals surface area contributed by atoms with Crippen molar-refractivity contribution in [3.05, 3.63) is 0 Å². The van der Waals surface area contributed by atoms with Gasteiger partial charge >= 0.3 is 0 Å². The van der Waals surface area contributed by atoms with Gasteiger partial charge in [-0.3, -0.25) is 0 Å². The molecule has 1 aliphatic carbocycles. The average Bonchev–Trinajstić information content (AvgIpc) is 2.76. The third-order valence-electron chi connectivity index (χ3n) is 5.11. The molecule has 1 saturated carbocycles. The molecule has 2 atom stereocenters. The first kappa shape index (κ1) is 14.8. The lowest BCUT2D eigenvalue weighted by Crippen LogP contribution is -2.54. The van der Waals surface area contributed by atoms with Gasteiger partial charge in [0.15, 0.2) is 0 Å². The van der Waals surface area contributed by atoms with E-state index in [1.54, 1.807) is 4.31 Å². The van der Waals surface area contributed by atoms with Crippen LogP contribution in [0.1, 0.15) is 44.9 Å². The summed E-state index contributed by atoms with van der Waals surface area (Å²) in [5.41, 5.74) is 0. The van der Waals surface area contributed by atoms with Crippen LogP contribution in [0.4, 0.5) is 0 Å². The molecule has 116 valence electrons. The number of piperidine rings is 1. The molecule has 0 bridgehead atoms. The number of hydrogen-bond donors (Lipinski definition) is 1. The summed E-state index contributed by atoms with van der Waals surface area (Å²) in [5, 5.41) is 3.28. The van der Waals surface area contributed by atoms with Crippen molar-refractivity contribution in [3.8, 4) is 0 Å². The topological polar surface area (TPSA) is 52.7 Å². The molecule has 3 fully saturated rings. The predicted octanol–water partition coefficient (Wildman–Crippen LogP) is 1.18.